The molecule has 0 fully saturated rings. The maximum atomic E-state index is 11.7. The fourth-order valence-corrected chi connectivity index (χ4v) is 2.43. The van der Waals surface area contributed by atoms with Crippen LogP contribution < -0.4 is 9.04 Å². The molecule has 100 valence electrons. The van der Waals surface area contributed by atoms with Gasteiger partial charge in [-0.2, -0.15) is 0 Å². The van der Waals surface area contributed by atoms with Crippen LogP contribution >= 0.6 is 0 Å². The Labute approximate surface area is 106 Å². The van der Waals surface area contributed by atoms with E-state index in [4.69, 9.17) is 9.84 Å². The third-order valence-electron chi connectivity index (χ3n) is 2.28. The molecule has 0 unspecified atom stereocenters. The minimum atomic E-state index is -3.56. The van der Waals surface area contributed by atoms with Crippen LogP contribution in [0.1, 0.15) is 6.42 Å². The first-order valence-corrected chi connectivity index (χ1v) is 7.03. The van der Waals surface area contributed by atoms with Crippen molar-refractivity contribution in [1.29, 1.82) is 0 Å². The van der Waals surface area contributed by atoms with Gasteiger partial charge in [0.05, 0.1) is 25.5 Å². The Kier molecular flexibility index (Phi) is 4.55. The Balaban J connectivity index is 3.14. The second-order valence-corrected chi connectivity index (χ2v) is 5.56. The summed E-state index contributed by atoms with van der Waals surface area (Å²) in [5.41, 5.74) is 0.337. The van der Waals surface area contributed by atoms with Crippen LogP contribution in [0.2, 0.25) is 0 Å². The first kappa shape index (κ1) is 14.3. The molecule has 1 aromatic carbocycles. The highest BCUT2D eigenvalue weighted by molar-refractivity contribution is 7.92. The fraction of sp³-hybridized carbons (Fsp3) is 0.364. The molecule has 0 amide bonds. The summed E-state index contributed by atoms with van der Waals surface area (Å²) in [5.74, 6) is -0.674. The number of hydrogen-bond acceptors (Lipinski definition) is 4. The Morgan fingerprint density at radius 2 is 2.00 bits per heavy atom. The van der Waals surface area contributed by atoms with Crippen molar-refractivity contribution in [2.75, 3.05) is 24.2 Å². The Morgan fingerprint density at radius 1 is 1.39 bits per heavy atom. The van der Waals surface area contributed by atoms with E-state index in [1.165, 1.54) is 7.11 Å². The molecule has 0 saturated carbocycles. The molecule has 0 bridgehead atoms. The number of carboxylic acids is 1. The number of benzene rings is 1. The van der Waals surface area contributed by atoms with E-state index >= 15 is 0 Å². The molecule has 18 heavy (non-hydrogen) atoms. The first-order chi connectivity index (χ1) is 8.36. The first-order valence-electron chi connectivity index (χ1n) is 5.18. The van der Waals surface area contributed by atoms with Crippen molar-refractivity contribution in [3.8, 4) is 5.75 Å². The molecule has 6 nitrogen and oxygen atoms in total. The van der Waals surface area contributed by atoms with E-state index in [9.17, 15) is 13.2 Å². The predicted molar refractivity (Wildman–Crippen MR) is 67.4 cm³/mol. The summed E-state index contributed by atoms with van der Waals surface area (Å²) in [5, 5.41) is 8.65. The lowest BCUT2D eigenvalue weighted by Gasteiger charge is -2.23. The summed E-state index contributed by atoms with van der Waals surface area (Å²) in [6, 6.07) is 6.56. The van der Waals surface area contributed by atoms with E-state index < -0.39 is 16.0 Å². The number of ether oxygens (including phenoxy) is 1. The number of sulfonamides is 1. The molecule has 0 aromatic heterocycles. The Morgan fingerprint density at radius 3 is 2.50 bits per heavy atom. The average Bonchev–Trinajstić information content (AvgIpc) is 2.27. The molecule has 7 heteroatoms. The zero-order valence-corrected chi connectivity index (χ0v) is 11.0. The molecular formula is C11H15NO5S. The van der Waals surface area contributed by atoms with Crippen molar-refractivity contribution in [1.82, 2.24) is 0 Å². The summed E-state index contributed by atoms with van der Waals surface area (Å²) in [4.78, 5) is 10.6. The molecule has 0 aliphatic rings. The average molecular weight is 273 g/mol. The van der Waals surface area contributed by atoms with Gasteiger partial charge in [0.2, 0.25) is 10.0 Å². The molecule has 0 spiro atoms. The number of anilines is 1. The lowest BCUT2D eigenvalue weighted by molar-refractivity contribution is -0.136. The van der Waals surface area contributed by atoms with Gasteiger partial charge in [-0.1, -0.05) is 12.1 Å². The largest absolute Gasteiger partial charge is 0.495 e. The highest BCUT2D eigenvalue weighted by Crippen LogP contribution is 2.29. The number of nitrogens with zero attached hydrogens (tertiary/aromatic N) is 1. The predicted octanol–water partition coefficient (Wildman–Crippen LogP) is 0.936. The number of para-hydroxylation sites is 2. The van der Waals surface area contributed by atoms with Gasteiger partial charge in [-0.05, 0) is 12.1 Å². The zero-order valence-electron chi connectivity index (χ0n) is 10.2. The van der Waals surface area contributed by atoms with Gasteiger partial charge in [0, 0.05) is 6.54 Å². The molecule has 1 N–H and O–H groups in total. The van der Waals surface area contributed by atoms with Crippen molar-refractivity contribution in [3.05, 3.63) is 24.3 Å². The molecule has 0 radical (unpaired) electrons. The molecule has 0 saturated heterocycles. The number of hydrogen-bond donors (Lipinski definition) is 1. The van der Waals surface area contributed by atoms with Crippen LogP contribution in [0.5, 0.6) is 5.75 Å². The van der Waals surface area contributed by atoms with Gasteiger partial charge in [0.15, 0.2) is 0 Å². The number of carboxylic acid groups (broad SMARTS) is 1. The smallest absolute Gasteiger partial charge is 0.305 e. The summed E-state index contributed by atoms with van der Waals surface area (Å²) < 4.78 is 29.5. The quantitative estimate of drug-likeness (QED) is 0.833. The summed E-state index contributed by atoms with van der Waals surface area (Å²) >= 11 is 0. The normalized spacial score (nSPS) is 11.0. The van der Waals surface area contributed by atoms with E-state index in [0.29, 0.717) is 11.4 Å². The topological polar surface area (TPSA) is 83.9 Å². The molecule has 0 aliphatic carbocycles. The van der Waals surface area contributed by atoms with Gasteiger partial charge in [-0.25, -0.2) is 8.42 Å². The van der Waals surface area contributed by atoms with Crippen LogP contribution in [0.25, 0.3) is 0 Å². The highest BCUT2D eigenvalue weighted by atomic mass is 32.2. The Bertz CT molecular complexity index is 526. The molecule has 0 heterocycles. The number of carbonyl (C=O) groups is 1. The lowest BCUT2D eigenvalue weighted by atomic mass is 10.3. The van der Waals surface area contributed by atoms with E-state index in [-0.39, 0.29) is 13.0 Å². The standard InChI is InChI=1S/C11H15NO5S/c1-17-10-6-4-3-5-9(10)12(18(2,15)16)8-7-11(13)14/h3-6H,7-8H2,1-2H3,(H,13,14). The van der Waals surface area contributed by atoms with Crippen LogP contribution in [0.3, 0.4) is 0 Å². The fourth-order valence-electron chi connectivity index (χ4n) is 1.50. The van der Waals surface area contributed by atoms with E-state index in [0.717, 1.165) is 10.6 Å². The van der Waals surface area contributed by atoms with Gasteiger partial charge < -0.3 is 9.84 Å². The van der Waals surface area contributed by atoms with Crippen molar-refractivity contribution in [2.45, 2.75) is 6.42 Å². The number of rotatable bonds is 6. The molecule has 1 aromatic rings. The van der Waals surface area contributed by atoms with Gasteiger partial charge >= 0.3 is 5.97 Å². The second-order valence-electron chi connectivity index (χ2n) is 3.65. The van der Waals surface area contributed by atoms with Crippen LogP contribution in [-0.4, -0.2) is 39.4 Å². The monoisotopic (exact) mass is 273 g/mol. The minimum Gasteiger partial charge on any atom is -0.495 e. The van der Waals surface area contributed by atoms with Gasteiger partial charge in [-0.3, -0.25) is 9.10 Å². The van der Waals surface area contributed by atoms with Crippen LogP contribution in [0.15, 0.2) is 24.3 Å². The minimum absolute atomic E-state index is 0.130. The highest BCUT2D eigenvalue weighted by Gasteiger charge is 2.21. The van der Waals surface area contributed by atoms with Crippen LogP contribution in [0.4, 0.5) is 5.69 Å². The van der Waals surface area contributed by atoms with Crippen molar-refractivity contribution >= 4 is 21.7 Å². The van der Waals surface area contributed by atoms with Gasteiger partial charge in [0.1, 0.15) is 5.75 Å². The molecular weight excluding hydrogens is 258 g/mol. The molecule has 0 aliphatic heterocycles. The number of aliphatic carboxylic acids is 1. The van der Waals surface area contributed by atoms with Crippen molar-refractivity contribution in [2.24, 2.45) is 0 Å². The van der Waals surface area contributed by atoms with Gasteiger partial charge in [-0.15, -0.1) is 0 Å². The summed E-state index contributed by atoms with van der Waals surface area (Å²) in [7, 11) is -2.13. The maximum Gasteiger partial charge on any atom is 0.305 e. The SMILES string of the molecule is COc1ccccc1N(CCC(=O)O)S(C)(=O)=O. The summed E-state index contributed by atoms with van der Waals surface area (Å²) in [6.07, 6.45) is 0.756. The second kappa shape index (κ2) is 5.72. The third kappa shape index (κ3) is 3.63. The lowest BCUT2D eigenvalue weighted by Crippen LogP contribution is -2.32. The van der Waals surface area contributed by atoms with E-state index in [1.807, 2.05) is 0 Å². The van der Waals surface area contributed by atoms with Crippen molar-refractivity contribution < 1.29 is 23.1 Å². The third-order valence-corrected chi connectivity index (χ3v) is 3.46. The number of methoxy groups -OCH3 is 1. The van der Waals surface area contributed by atoms with E-state index in [2.05, 4.69) is 0 Å². The molecule has 0 atom stereocenters. The van der Waals surface area contributed by atoms with Crippen LogP contribution in [-0.2, 0) is 14.8 Å². The zero-order chi connectivity index (χ0) is 13.8. The van der Waals surface area contributed by atoms with E-state index in [1.54, 1.807) is 24.3 Å². The van der Waals surface area contributed by atoms with Crippen LogP contribution in [0, 0.1) is 0 Å². The maximum absolute atomic E-state index is 11.7. The molecule has 1 rings (SSSR count). The van der Waals surface area contributed by atoms with Crippen molar-refractivity contribution in [3.63, 3.8) is 0 Å². The summed E-state index contributed by atoms with van der Waals surface area (Å²) in [6.45, 7) is -0.130. The van der Waals surface area contributed by atoms with Gasteiger partial charge in [0.25, 0.3) is 0 Å². The Hall–Kier alpha value is -1.76.